The van der Waals surface area contributed by atoms with Crippen LogP contribution in [0.2, 0.25) is 0 Å². The summed E-state index contributed by atoms with van der Waals surface area (Å²) in [5, 5.41) is 3.76. The summed E-state index contributed by atoms with van der Waals surface area (Å²) in [4.78, 5) is 36.1. The molecular weight excluding hydrogens is 389 g/mol. The first kappa shape index (κ1) is 19.8. The number of likely N-dealkylation sites (N-methyl/N-ethyl adjacent to an activating group) is 1. The third-order valence-corrected chi connectivity index (χ3v) is 5.47. The minimum absolute atomic E-state index is 0.134. The van der Waals surface area contributed by atoms with Crippen molar-refractivity contribution in [1.82, 2.24) is 24.9 Å². The second-order valence-corrected chi connectivity index (χ2v) is 7.62. The average Bonchev–Trinajstić information content (AvgIpc) is 3.43. The van der Waals surface area contributed by atoms with Gasteiger partial charge in [0.25, 0.3) is 5.91 Å². The van der Waals surface area contributed by atoms with E-state index in [0.717, 1.165) is 0 Å². The van der Waals surface area contributed by atoms with Crippen LogP contribution in [-0.4, -0.2) is 63.4 Å². The molecular formula is C21H22FN5O3. The van der Waals surface area contributed by atoms with Crippen LogP contribution in [-0.2, 0) is 17.6 Å². The van der Waals surface area contributed by atoms with Crippen molar-refractivity contribution in [1.29, 1.82) is 0 Å². The van der Waals surface area contributed by atoms with Gasteiger partial charge < -0.3 is 19.3 Å². The highest BCUT2D eigenvalue weighted by Gasteiger charge is 2.52. The number of aromatic amines is 1. The first-order chi connectivity index (χ1) is 14.5. The number of hydrogen-bond acceptors (Lipinski definition) is 5. The number of amides is 2. The Morgan fingerprint density at radius 1 is 1.27 bits per heavy atom. The Morgan fingerprint density at radius 3 is 2.73 bits per heavy atom. The number of hydrogen-bond donors (Lipinski definition) is 1. The maximum absolute atomic E-state index is 14.3. The van der Waals surface area contributed by atoms with E-state index in [4.69, 9.17) is 4.52 Å². The number of aromatic nitrogens is 3. The normalized spacial score (nSPS) is 14.9. The number of nitrogens with one attached hydrogen (secondary N) is 1. The van der Waals surface area contributed by atoms with Crippen molar-refractivity contribution >= 4 is 11.8 Å². The highest BCUT2D eigenvalue weighted by Crippen LogP contribution is 2.37. The van der Waals surface area contributed by atoms with Gasteiger partial charge in [-0.2, -0.15) is 4.98 Å². The van der Waals surface area contributed by atoms with Gasteiger partial charge in [0.05, 0.1) is 5.41 Å². The molecule has 0 aliphatic carbocycles. The van der Waals surface area contributed by atoms with Crippen LogP contribution in [0.15, 0.2) is 53.5 Å². The fourth-order valence-electron chi connectivity index (χ4n) is 3.87. The highest BCUT2D eigenvalue weighted by molar-refractivity contribution is 5.95. The smallest absolute Gasteiger partial charge is 0.270 e. The second kappa shape index (κ2) is 8.10. The molecule has 1 aromatic carbocycles. The van der Waals surface area contributed by atoms with E-state index in [1.165, 1.54) is 12.5 Å². The van der Waals surface area contributed by atoms with Crippen molar-refractivity contribution in [2.24, 2.45) is 5.41 Å². The van der Waals surface area contributed by atoms with Crippen LogP contribution >= 0.6 is 0 Å². The summed E-state index contributed by atoms with van der Waals surface area (Å²) in [6.45, 7) is 0.844. The zero-order valence-corrected chi connectivity index (χ0v) is 16.5. The van der Waals surface area contributed by atoms with Gasteiger partial charge in [-0.25, -0.2) is 4.39 Å². The molecule has 1 aliphatic rings. The molecule has 1 aliphatic heterocycles. The molecule has 0 spiro atoms. The lowest BCUT2D eigenvalue weighted by Gasteiger charge is -2.50. The number of benzene rings is 1. The fourth-order valence-corrected chi connectivity index (χ4v) is 3.87. The van der Waals surface area contributed by atoms with Crippen molar-refractivity contribution in [2.75, 3.05) is 26.7 Å². The molecule has 30 heavy (non-hydrogen) atoms. The van der Waals surface area contributed by atoms with E-state index < -0.39 is 5.41 Å². The predicted molar refractivity (Wildman–Crippen MR) is 105 cm³/mol. The molecule has 0 bridgehead atoms. The van der Waals surface area contributed by atoms with Gasteiger partial charge in [-0.1, -0.05) is 23.4 Å². The maximum Gasteiger partial charge on any atom is 0.270 e. The van der Waals surface area contributed by atoms with Crippen LogP contribution in [0.1, 0.15) is 21.9 Å². The number of carbonyl (C=O) groups excluding carboxylic acids is 2. The molecule has 1 fully saturated rings. The number of H-pyrrole nitrogens is 1. The summed E-state index contributed by atoms with van der Waals surface area (Å²) in [5.41, 5.74) is 0.0491. The Hall–Kier alpha value is -3.49. The van der Waals surface area contributed by atoms with Gasteiger partial charge in [-0.15, -0.1) is 0 Å². The van der Waals surface area contributed by atoms with Gasteiger partial charge in [0.1, 0.15) is 11.5 Å². The molecule has 2 aromatic heterocycles. The summed E-state index contributed by atoms with van der Waals surface area (Å²) in [6.07, 6.45) is 3.59. The Morgan fingerprint density at radius 2 is 2.07 bits per heavy atom. The molecule has 3 aromatic rings. The quantitative estimate of drug-likeness (QED) is 0.641. The first-order valence-corrected chi connectivity index (χ1v) is 9.65. The van der Waals surface area contributed by atoms with E-state index in [2.05, 4.69) is 15.1 Å². The third kappa shape index (κ3) is 3.83. The summed E-state index contributed by atoms with van der Waals surface area (Å²) in [5.74, 6) is -0.153. The molecule has 4 rings (SSSR count). The predicted octanol–water partition coefficient (Wildman–Crippen LogP) is 1.92. The standard InChI is InChI=1S/C21H22FN5O3/c1-26(10-8-18-24-14-30-25-18)20(29)21(11-15-5-2-3-6-16(15)22)12-27(13-21)19(28)17-7-4-9-23-17/h2-7,9,14,23H,8,10-13H2,1H3. The zero-order valence-electron chi connectivity index (χ0n) is 16.5. The van der Waals surface area contributed by atoms with Crippen molar-refractivity contribution < 1.29 is 18.5 Å². The lowest BCUT2D eigenvalue weighted by molar-refractivity contribution is -0.149. The fraction of sp³-hybridized carbons (Fsp3) is 0.333. The number of carbonyl (C=O) groups is 2. The van der Waals surface area contributed by atoms with E-state index in [0.29, 0.717) is 30.0 Å². The minimum Gasteiger partial charge on any atom is -0.357 e. The van der Waals surface area contributed by atoms with E-state index in [1.54, 1.807) is 53.4 Å². The van der Waals surface area contributed by atoms with Gasteiger partial charge in [0.2, 0.25) is 12.3 Å². The van der Waals surface area contributed by atoms with Crippen LogP contribution in [0.3, 0.4) is 0 Å². The van der Waals surface area contributed by atoms with Gasteiger partial charge in [0.15, 0.2) is 5.82 Å². The topological polar surface area (TPSA) is 95.3 Å². The zero-order chi connectivity index (χ0) is 21.1. The highest BCUT2D eigenvalue weighted by atomic mass is 19.1. The number of likely N-dealkylation sites (tertiary alicyclic amines) is 1. The molecule has 2 amide bonds. The molecule has 0 unspecified atom stereocenters. The summed E-state index contributed by atoms with van der Waals surface area (Å²) >= 11 is 0. The van der Waals surface area contributed by atoms with E-state index in [9.17, 15) is 14.0 Å². The monoisotopic (exact) mass is 411 g/mol. The van der Waals surface area contributed by atoms with Gasteiger partial charge in [-0.3, -0.25) is 9.59 Å². The lowest BCUT2D eigenvalue weighted by atomic mass is 9.73. The largest absolute Gasteiger partial charge is 0.357 e. The molecule has 0 atom stereocenters. The molecule has 9 heteroatoms. The SMILES string of the molecule is CN(CCc1ncon1)C(=O)C1(Cc2ccccc2F)CN(C(=O)c2ccc[nH]2)C1. The minimum atomic E-state index is -0.879. The van der Waals surface area contributed by atoms with E-state index >= 15 is 0 Å². The maximum atomic E-state index is 14.3. The number of rotatable bonds is 7. The Labute approximate surface area is 172 Å². The molecule has 0 saturated carbocycles. The van der Waals surface area contributed by atoms with E-state index in [-0.39, 0.29) is 37.1 Å². The van der Waals surface area contributed by atoms with Crippen LogP contribution in [0.4, 0.5) is 4.39 Å². The number of nitrogens with zero attached hydrogens (tertiary/aromatic N) is 4. The van der Waals surface area contributed by atoms with Crippen molar-refractivity contribution in [3.8, 4) is 0 Å². The second-order valence-electron chi connectivity index (χ2n) is 7.62. The molecule has 3 heterocycles. The average molecular weight is 411 g/mol. The summed E-state index contributed by atoms with van der Waals surface area (Å²) in [6, 6.07) is 9.87. The van der Waals surface area contributed by atoms with Crippen LogP contribution in [0.25, 0.3) is 0 Å². The molecule has 0 radical (unpaired) electrons. The van der Waals surface area contributed by atoms with Crippen molar-refractivity contribution in [2.45, 2.75) is 12.8 Å². The van der Waals surface area contributed by atoms with Crippen LogP contribution in [0.5, 0.6) is 0 Å². The van der Waals surface area contributed by atoms with E-state index in [1.807, 2.05) is 0 Å². The Bertz CT molecular complexity index is 1010. The first-order valence-electron chi connectivity index (χ1n) is 9.65. The third-order valence-electron chi connectivity index (χ3n) is 5.47. The lowest BCUT2D eigenvalue weighted by Crippen LogP contribution is -2.65. The van der Waals surface area contributed by atoms with Crippen molar-refractivity contribution in [3.63, 3.8) is 0 Å². The van der Waals surface area contributed by atoms with Gasteiger partial charge >= 0.3 is 0 Å². The molecule has 156 valence electrons. The van der Waals surface area contributed by atoms with Gasteiger partial charge in [-0.05, 0) is 30.2 Å². The Balaban J connectivity index is 1.51. The molecule has 8 nitrogen and oxygen atoms in total. The summed E-state index contributed by atoms with van der Waals surface area (Å²) < 4.78 is 19.0. The number of halogens is 1. The molecule has 1 saturated heterocycles. The summed E-state index contributed by atoms with van der Waals surface area (Å²) in [7, 11) is 1.70. The van der Waals surface area contributed by atoms with Crippen LogP contribution < -0.4 is 0 Å². The van der Waals surface area contributed by atoms with Crippen LogP contribution in [0, 0.1) is 11.2 Å². The molecule has 1 N–H and O–H groups in total. The van der Waals surface area contributed by atoms with Gasteiger partial charge in [0, 0.05) is 39.3 Å². The van der Waals surface area contributed by atoms with Crippen molar-refractivity contribution in [3.05, 3.63) is 71.9 Å². The Kier molecular flexibility index (Phi) is 5.35.